The highest BCUT2D eigenvalue weighted by atomic mass is 16.3. The molecule has 0 amide bonds. The molecular formula is C41H28B4N6O2. The number of aromatic hydroxyl groups is 1. The van der Waals surface area contributed by atoms with Crippen LogP contribution in [-0.4, -0.2) is 66.4 Å². The van der Waals surface area contributed by atoms with Gasteiger partial charge in [-0.3, -0.25) is 0 Å². The zero-order chi connectivity index (χ0) is 36.0. The first-order chi connectivity index (χ1) is 25.8. The van der Waals surface area contributed by atoms with Gasteiger partial charge in [-0.05, 0) is 58.6 Å². The number of furan rings is 1. The fraction of sp³-hybridized carbons (Fsp3) is 0. The minimum Gasteiger partial charge on any atom is -0.508 e. The minimum absolute atomic E-state index is 0.180. The van der Waals surface area contributed by atoms with Crippen LogP contribution in [0.1, 0.15) is 0 Å². The Hall–Kier alpha value is -6.67. The lowest BCUT2D eigenvalue weighted by Gasteiger charge is -2.18. The number of phenolic OH excluding ortho intramolecular Hbond substituents is 1. The molecule has 10 rings (SSSR count). The molecule has 0 fully saturated rings. The Morgan fingerprint density at radius 2 is 1.17 bits per heavy atom. The molecule has 0 atom stereocenters. The van der Waals surface area contributed by atoms with Gasteiger partial charge in [0.1, 0.15) is 59.3 Å². The smallest absolute Gasteiger partial charge is 0.167 e. The lowest BCUT2D eigenvalue weighted by molar-refractivity contribution is 0.482. The molecule has 8 nitrogen and oxygen atoms in total. The lowest BCUT2D eigenvalue weighted by atomic mass is 9.65. The van der Waals surface area contributed by atoms with E-state index in [1.807, 2.05) is 96.3 Å². The van der Waals surface area contributed by atoms with E-state index in [0.29, 0.717) is 23.0 Å². The second kappa shape index (κ2) is 11.7. The number of benzene rings is 7. The lowest BCUT2D eigenvalue weighted by Crippen LogP contribution is -2.48. The van der Waals surface area contributed by atoms with Crippen molar-refractivity contribution >= 4 is 108 Å². The van der Waals surface area contributed by atoms with Crippen LogP contribution in [0.25, 0.3) is 94.4 Å². The number of hydrogen-bond acceptors (Lipinski definition) is 7. The van der Waals surface area contributed by atoms with Crippen molar-refractivity contribution < 1.29 is 9.52 Å². The van der Waals surface area contributed by atoms with E-state index in [4.69, 9.17) is 29.6 Å². The second-order valence-electron chi connectivity index (χ2n) is 13.7. The van der Waals surface area contributed by atoms with E-state index < -0.39 is 0 Å². The Bertz CT molecular complexity index is 3120. The average Bonchev–Trinajstić information content (AvgIpc) is 3.81. The number of nitrogens with zero attached hydrogens (tertiary/aromatic N) is 6. The molecule has 0 aliphatic rings. The Labute approximate surface area is 307 Å². The van der Waals surface area contributed by atoms with E-state index in [1.54, 1.807) is 4.80 Å². The molecule has 0 unspecified atom stereocenters. The van der Waals surface area contributed by atoms with E-state index in [-0.39, 0.29) is 5.75 Å². The molecule has 10 aromatic rings. The molecular weight excluding hydrogens is 652 g/mol. The molecule has 0 radical (unpaired) electrons. The summed E-state index contributed by atoms with van der Waals surface area (Å²) in [5, 5.41) is 27.6. The normalized spacial score (nSPS) is 11.8. The highest BCUT2D eigenvalue weighted by molar-refractivity contribution is 6.64. The van der Waals surface area contributed by atoms with Gasteiger partial charge >= 0.3 is 0 Å². The van der Waals surface area contributed by atoms with Crippen LogP contribution >= 0.6 is 0 Å². The monoisotopic (exact) mass is 680 g/mol. The highest BCUT2D eigenvalue weighted by Gasteiger charge is 2.21. The summed E-state index contributed by atoms with van der Waals surface area (Å²) in [6.07, 6.45) is 0. The van der Waals surface area contributed by atoms with Crippen molar-refractivity contribution in [2.45, 2.75) is 0 Å². The third-order valence-corrected chi connectivity index (χ3v) is 10.7. The van der Waals surface area contributed by atoms with Gasteiger partial charge in [0.05, 0.1) is 11.3 Å². The first-order valence-corrected chi connectivity index (χ1v) is 17.6. The van der Waals surface area contributed by atoms with Gasteiger partial charge in [-0.25, -0.2) is 15.0 Å². The van der Waals surface area contributed by atoms with Crippen LogP contribution in [0.15, 0.2) is 120 Å². The Morgan fingerprint density at radius 1 is 0.528 bits per heavy atom. The maximum Gasteiger partial charge on any atom is 0.167 e. The van der Waals surface area contributed by atoms with Gasteiger partial charge in [0.15, 0.2) is 17.5 Å². The van der Waals surface area contributed by atoms with Crippen LogP contribution in [0.4, 0.5) is 0 Å². The summed E-state index contributed by atoms with van der Waals surface area (Å²) in [5.74, 6) is 1.58. The first-order valence-electron chi connectivity index (χ1n) is 17.6. The van der Waals surface area contributed by atoms with Gasteiger partial charge in [0.2, 0.25) is 0 Å². The van der Waals surface area contributed by atoms with Crippen molar-refractivity contribution in [1.29, 1.82) is 0 Å². The Morgan fingerprint density at radius 3 is 1.98 bits per heavy atom. The van der Waals surface area contributed by atoms with Crippen molar-refractivity contribution in [2.24, 2.45) is 0 Å². The van der Waals surface area contributed by atoms with Crippen LogP contribution in [0.2, 0.25) is 0 Å². The second-order valence-corrected chi connectivity index (χ2v) is 13.7. The van der Waals surface area contributed by atoms with Gasteiger partial charge in [-0.1, -0.05) is 89.2 Å². The van der Waals surface area contributed by atoms with Gasteiger partial charge in [0.25, 0.3) is 0 Å². The predicted octanol–water partition coefficient (Wildman–Crippen LogP) is 2.55. The maximum absolute atomic E-state index is 11.6. The molecule has 0 aliphatic heterocycles. The highest BCUT2D eigenvalue weighted by Crippen LogP contribution is 2.35. The third-order valence-electron chi connectivity index (χ3n) is 10.7. The van der Waals surface area contributed by atoms with E-state index in [0.717, 1.165) is 93.2 Å². The zero-order valence-electron chi connectivity index (χ0n) is 29.5. The SMILES string of the molecule is Bc1c(B)c(B)c(-c2nc(-c3ccc4c(ccc5ccc6nn(-c7ccccc7)nc6c54)c3)nc(-c3ccc4c(c3)oc3ccccc34)n2)c(O)c1B. The van der Waals surface area contributed by atoms with E-state index in [2.05, 4.69) is 50.3 Å². The fourth-order valence-corrected chi connectivity index (χ4v) is 7.52. The Kier molecular flexibility index (Phi) is 6.85. The molecule has 7 aromatic carbocycles. The number of phenols is 1. The molecule has 3 heterocycles. The van der Waals surface area contributed by atoms with Crippen LogP contribution in [0.5, 0.6) is 5.75 Å². The maximum atomic E-state index is 11.6. The number of hydrogen-bond donors (Lipinski definition) is 1. The van der Waals surface area contributed by atoms with Gasteiger partial charge < -0.3 is 9.52 Å². The first kappa shape index (κ1) is 31.1. The number of aromatic nitrogens is 6. The molecule has 0 saturated heterocycles. The topological polar surface area (TPSA) is 103 Å². The molecule has 0 saturated carbocycles. The van der Waals surface area contributed by atoms with Crippen molar-refractivity contribution in [3.05, 3.63) is 115 Å². The summed E-state index contributed by atoms with van der Waals surface area (Å²) >= 11 is 0. The average molecular weight is 680 g/mol. The van der Waals surface area contributed by atoms with Crippen LogP contribution in [0, 0.1) is 0 Å². The summed E-state index contributed by atoms with van der Waals surface area (Å²) in [6.45, 7) is 0. The van der Waals surface area contributed by atoms with Gasteiger partial charge in [-0.2, -0.15) is 4.80 Å². The molecule has 0 spiro atoms. The van der Waals surface area contributed by atoms with Crippen molar-refractivity contribution in [3.8, 4) is 45.6 Å². The number of rotatable bonds is 4. The molecule has 0 bridgehead atoms. The molecule has 12 heteroatoms. The van der Waals surface area contributed by atoms with Gasteiger partial charge in [-0.15, -0.1) is 15.7 Å². The summed E-state index contributed by atoms with van der Waals surface area (Å²) in [4.78, 5) is 16.8. The predicted molar refractivity (Wildman–Crippen MR) is 225 cm³/mol. The minimum atomic E-state index is 0.180. The molecule has 0 aliphatic carbocycles. The van der Waals surface area contributed by atoms with E-state index in [9.17, 15) is 5.11 Å². The molecule has 53 heavy (non-hydrogen) atoms. The zero-order valence-corrected chi connectivity index (χ0v) is 29.5. The summed E-state index contributed by atoms with van der Waals surface area (Å²) < 4.78 is 6.25. The molecule has 3 aromatic heterocycles. The number of para-hydroxylation sites is 2. The molecule has 246 valence electrons. The van der Waals surface area contributed by atoms with Crippen LogP contribution in [0.3, 0.4) is 0 Å². The quantitative estimate of drug-likeness (QED) is 0.226. The Balaban J connectivity index is 1.18. The van der Waals surface area contributed by atoms with Gasteiger partial charge in [0, 0.05) is 27.3 Å². The summed E-state index contributed by atoms with van der Waals surface area (Å²) in [5.41, 5.74) is 10.2. The van der Waals surface area contributed by atoms with Crippen LogP contribution < -0.4 is 21.9 Å². The van der Waals surface area contributed by atoms with Crippen LogP contribution in [-0.2, 0) is 0 Å². The molecule has 1 N–H and O–H groups in total. The van der Waals surface area contributed by atoms with Crippen molar-refractivity contribution in [3.63, 3.8) is 0 Å². The summed E-state index contributed by atoms with van der Waals surface area (Å²) in [7, 11) is 8.04. The summed E-state index contributed by atoms with van der Waals surface area (Å²) in [6, 6.07) is 38.7. The largest absolute Gasteiger partial charge is 0.508 e. The number of fused-ring (bicyclic) bond motifs is 8. The van der Waals surface area contributed by atoms with Crippen molar-refractivity contribution in [2.75, 3.05) is 0 Å². The van der Waals surface area contributed by atoms with E-state index in [1.165, 1.54) is 0 Å². The standard InChI is InChI=1S/C41H28B4N6O2/c42-33-32(38(52)36(45)35(44)34(33)43)41-47-39(46-40(48-41)23-13-16-27-26-8-4-5-9-29(26)53-30(27)19-23)22-12-15-25-21(18-22)11-10-20-14-17-28-37(31(20)25)50-51(49-28)24-6-2-1-3-7-24/h1-19,52H,42-45H2. The van der Waals surface area contributed by atoms with Crippen molar-refractivity contribution in [1.82, 2.24) is 29.9 Å². The fourth-order valence-electron chi connectivity index (χ4n) is 7.52. The van der Waals surface area contributed by atoms with E-state index >= 15 is 0 Å². The third kappa shape index (κ3) is 4.86.